The Balaban J connectivity index is 2.42. The first-order chi connectivity index (χ1) is 8.56. The average molecular weight is 252 g/mol. The maximum Gasteiger partial charge on any atom is 0.316 e. The van der Waals surface area contributed by atoms with Crippen LogP contribution in [0.5, 0.6) is 0 Å². The summed E-state index contributed by atoms with van der Waals surface area (Å²) in [6.45, 7) is 3.09. The van der Waals surface area contributed by atoms with E-state index in [1.54, 1.807) is 14.1 Å². The van der Waals surface area contributed by atoms with Gasteiger partial charge in [0.05, 0.1) is 0 Å². The van der Waals surface area contributed by atoms with E-state index in [1.807, 2.05) is 14.0 Å². The molecule has 0 aliphatic rings. The van der Waals surface area contributed by atoms with E-state index in [1.165, 1.54) is 11.2 Å². The number of amides is 2. The van der Waals surface area contributed by atoms with Gasteiger partial charge in [0.2, 0.25) is 0 Å². The highest BCUT2D eigenvalue weighted by Gasteiger charge is 2.05. The molecule has 1 aromatic heterocycles. The van der Waals surface area contributed by atoms with E-state index in [0.29, 0.717) is 13.1 Å². The second-order valence-electron chi connectivity index (χ2n) is 4.00. The van der Waals surface area contributed by atoms with Gasteiger partial charge in [-0.25, -0.2) is 14.8 Å². The van der Waals surface area contributed by atoms with E-state index in [-0.39, 0.29) is 6.03 Å². The summed E-state index contributed by atoms with van der Waals surface area (Å²) in [5, 5.41) is 8.92. The second kappa shape index (κ2) is 6.63. The van der Waals surface area contributed by atoms with Crippen molar-refractivity contribution in [2.75, 3.05) is 44.9 Å². The number of anilines is 2. The van der Waals surface area contributed by atoms with Gasteiger partial charge in [0.15, 0.2) is 0 Å². The zero-order valence-corrected chi connectivity index (χ0v) is 11.2. The third kappa shape index (κ3) is 3.76. The quantitative estimate of drug-likeness (QED) is 0.665. The summed E-state index contributed by atoms with van der Waals surface area (Å²) in [6, 6.07) is -0.105. The molecule has 0 atom stereocenters. The van der Waals surface area contributed by atoms with Crippen LogP contribution >= 0.6 is 0 Å². The smallest absolute Gasteiger partial charge is 0.316 e. The molecule has 0 unspecified atom stereocenters. The summed E-state index contributed by atoms with van der Waals surface area (Å²) in [5.41, 5.74) is 0.957. The van der Waals surface area contributed by atoms with Gasteiger partial charge in [0, 0.05) is 39.8 Å². The van der Waals surface area contributed by atoms with E-state index in [4.69, 9.17) is 0 Å². The van der Waals surface area contributed by atoms with E-state index < -0.39 is 0 Å². The lowest BCUT2D eigenvalue weighted by Crippen LogP contribution is -2.37. The molecule has 0 spiro atoms. The predicted octanol–water partition coefficient (Wildman–Crippen LogP) is 0.510. The van der Waals surface area contributed by atoms with Crippen molar-refractivity contribution >= 4 is 17.7 Å². The van der Waals surface area contributed by atoms with Crippen LogP contribution in [0, 0.1) is 6.92 Å². The van der Waals surface area contributed by atoms with Gasteiger partial charge in [0.1, 0.15) is 18.0 Å². The van der Waals surface area contributed by atoms with Crippen molar-refractivity contribution in [3.05, 3.63) is 11.9 Å². The van der Waals surface area contributed by atoms with Gasteiger partial charge >= 0.3 is 6.03 Å². The van der Waals surface area contributed by atoms with Gasteiger partial charge in [-0.15, -0.1) is 0 Å². The largest absolute Gasteiger partial charge is 0.373 e. The topological polar surface area (TPSA) is 82.2 Å². The summed E-state index contributed by atoms with van der Waals surface area (Å²) in [7, 11) is 5.23. The molecule has 0 saturated carbocycles. The van der Waals surface area contributed by atoms with Gasteiger partial charge < -0.3 is 20.9 Å². The third-order valence-corrected chi connectivity index (χ3v) is 2.42. The van der Waals surface area contributed by atoms with E-state index >= 15 is 0 Å². The molecule has 0 bridgehead atoms. The lowest BCUT2D eigenvalue weighted by molar-refractivity contribution is 0.218. The highest BCUT2D eigenvalue weighted by molar-refractivity contribution is 5.73. The first-order valence-corrected chi connectivity index (χ1v) is 5.74. The number of rotatable bonds is 5. The molecule has 0 saturated heterocycles. The van der Waals surface area contributed by atoms with Crippen molar-refractivity contribution in [3.8, 4) is 0 Å². The number of carbonyl (C=O) groups is 1. The summed E-state index contributed by atoms with van der Waals surface area (Å²) >= 11 is 0. The van der Waals surface area contributed by atoms with Crippen LogP contribution in [0.3, 0.4) is 0 Å². The maximum absolute atomic E-state index is 11.3. The molecule has 7 nitrogen and oxygen atoms in total. The van der Waals surface area contributed by atoms with Crippen molar-refractivity contribution in [1.82, 2.24) is 20.2 Å². The molecule has 1 rings (SSSR count). The number of nitrogens with one attached hydrogen (secondary N) is 3. The predicted molar refractivity (Wildman–Crippen MR) is 71.9 cm³/mol. The minimum Gasteiger partial charge on any atom is -0.373 e. The fourth-order valence-corrected chi connectivity index (χ4v) is 1.39. The maximum atomic E-state index is 11.3. The number of urea groups is 1. The standard InChI is InChI=1S/C11H20N6O/c1-8-9(12-2)15-7-16-10(8)13-5-6-14-11(18)17(3)4/h7H,5-6H2,1-4H3,(H,14,18)(H2,12,13,15,16). The molecule has 0 aliphatic heterocycles. The van der Waals surface area contributed by atoms with Crippen molar-refractivity contribution in [3.63, 3.8) is 0 Å². The van der Waals surface area contributed by atoms with Crippen LogP contribution in [0.1, 0.15) is 5.56 Å². The van der Waals surface area contributed by atoms with Crippen LogP contribution in [-0.4, -0.2) is 55.1 Å². The summed E-state index contributed by atoms with van der Waals surface area (Å²) in [6.07, 6.45) is 1.50. The van der Waals surface area contributed by atoms with Crippen molar-refractivity contribution in [1.29, 1.82) is 0 Å². The minimum absolute atomic E-state index is 0.105. The van der Waals surface area contributed by atoms with Gasteiger partial charge in [-0.05, 0) is 6.92 Å². The molecular formula is C11H20N6O. The monoisotopic (exact) mass is 252 g/mol. The summed E-state index contributed by atoms with van der Waals surface area (Å²) in [5.74, 6) is 1.57. The average Bonchev–Trinajstić information content (AvgIpc) is 2.35. The van der Waals surface area contributed by atoms with Crippen LogP contribution in [0.4, 0.5) is 16.4 Å². The number of aromatic nitrogens is 2. The molecule has 100 valence electrons. The van der Waals surface area contributed by atoms with Crippen molar-refractivity contribution in [2.24, 2.45) is 0 Å². The zero-order chi connectivity index (χ0) is 13.5. The Kier molecular flexibility index (Phi) is 5.16. The second-order valence-corrected chi connectivity index (χ2v) is 4.00. The minimum atomic E-state index is -0.105. The van der Waals surface area contributed by atoms with Crippen LogP contribution in [0.15, 0.2) is 6.33 Å². The molecule has 7 heteroatoms. The first kappa shape index (κ1) is 14.0. The SMILES string of the molecule is CNc1ncnc(NCCNC(=O)N(C)C)c1C. The fourth-order valence-electron chi connectivity index (χ4n) is 1.39. The van der Waals surface area contributed by atoms with E-state index in [2.05, 4.69) is 25.9 Å². The molecule has 1 heterocycles. The van der Waals surface area contributed by atoms with Crippen LogP contribution in [0.25, 0.3) is 0 Å². The Morgan fingerprint density at radius 3 is 2.56 bits per heavy atom. The summed E-state index contributed by atoms with van der Waals surface area (Å²) < 4.78 is 0. The third-order valence-electron chi connectivity index (χ3n) is 2.42. The molecule has 0 radical (unpaired) electrons. The number of hydrogen-bond acceptors (Lipinski definition) is 5. The van der Waals surface area contributed by atoms with E-state index in [0.717, 1.165) is 17.2 Å². The Hall–Kier alpha value is -2.05. The lowest BCUT2D eigenvalue weighted by atomic mass is 10.3. The molecule has 0 fully saturated rings. The highest BCUT2D eigenvalue weighted by Crippen LogP contribution is 2.16. The molecule has 0 aliphatic carbocycles. The van der Waals surface area contributed by atoms with E-state index in [9.17, 15) is 4.79 Å². The van der Waals surface area contributed by atoms with Crippen molar-refractivity contribution < 1.29 is 4.79 Å². The van der Waals surface area contributed by atoms with Crippen molar-refractivity contribution in [2.45, 2.75) is 6.92 Å². The molecule has 18 heavy (non-hydrogen) atoms. The van der Waals surface area contributed by atoms with Gasteiger partial charge in [-0.1, -0.05) is 0 Å². The van der Waals surface area contributed by atoms with Gasteiger partial charge in [-0.2, -0.15) is 0 Å². The molecule has 2 amide bonds. The van der Waals surface area contributed by atoms with Gasteiger partial charge in [-0.3, -0.25) is 0 Å². The Morgan fingerprint density at radius 2 is 1.94 bits per heavy atom. The number of carbonyl (C=O) groups excluding carboxylic acids is 1. The lowest BCUT2D eigenvalue weighted by Gasteiger charge is -2.13. The van der Waals surface area contributed by atoms with Crippen LogP contribution in [-0.2, 0) is 0 Å². The molecule has 0 aromatic carbocycles. The van der Waals surface area contributed by atoms with Gasteiger partial charge in [0.25, 0.3) is 0 Å². The number of hydrogen-bond donors (Lipinski definition) is 3. The molecular weight excluding hydrogens is 232 g/mol. The fraction of sp³-hybridized carbons (Fsp3) is 0.545. The normalized spacial score (nSPS) is 9.78. The Bertz CT molecular complexity index is 407. The highest BCUT2D eigenvalue weighted by atomic mass is 16.2. The zero-order valence-electron chi connectivity index (χ0n) is 11.2. The first-order valence-electron chi connectivity index (χ1n) is 5.74. The summed E-state index contributed by atoms with van der Waals surface area (Å²) in [4.78, 5) is 21.0. The van der Waals surface area contributed by atoms with Crippen LogP contribution < -0.4 is 16.0 Å². The Labute approximate surface area is 107 Å². The Morgan fingerprint density at radius 1 is 1.28 bits per heavy atom. The molecule has 1 aromatic rings. The molecule has 3 N–H and O–H groups in total. The number of nitrogens with zero attached hydrogens (tertiary/aromatic N) is 3. The van der Waals surface area contributed by atoms with Crippen LogP contribution in [0.2, 0.25) is 0 Å².